The molecule has 1 atom stereocenters. The van der Waals surface area contributed by atoms with Gasteiger partial charge in [0, 0.05) is 31.2 Å². The minimum Gasteiger partial charge on any atom is -0.448 e. The number of nitrogens with zero attached hydrogens (tertiary/aromatic N) is 2. The van der Waals surface area contributed by atoms with Crippen molar-refractivity contribution in [1.82, 2.24) is 9.88 Å². The predicted octanol–water partition coefficient (Wildman–Crippen LogP) is 2.92. The molecule has 0 aliphatic carbocycles. The first-order chi connectivity index (χ1) is 12.7. The molecule has 7 heteroatoms. The van der Waals surface area contributed by atoms with Gasteiger partial charge in [-0.2, -0.15) is 0 Å². The molecule has 2 fully saturated rings. The minimum absolute atomic E-state index is 0.196. The number of hydrogen-bond donors (Lipinski definition) is 0. The Morgan fingerprint density at radius 2 is 2.00 bits per heavy atom. The smallest absolute Gasteiger partial charge is 0.275 e. The fourth-order valence-electron chi connectivity index (χ4n) is 3.44. The van der Waals surface area contributed by atoms with E-state index < -0.39 is 6.10 Å². The topological polar surface area (TPSA) is 64.8 Å². The molecule has 1 amide bonds. The van der Waals surface area contributed by atoms with E-state index in [0.29, 0.717) is 50.1 Å². The van der Waals surface area contributed by atoms with Gasteiger partial charge >= 0.3 is 0 Å². The van der Waals surface area contributed by atoms with Crippen LogP contribution in [0.1, 0.15) is 46.8 Å². The van der Waals surface area contributed by atoms with Gasteiger partial charge in [-0.15, -0.1) is 0 Å². The molecule has 2 aliphatic heterocycles. The molecule has 6 nitrogen and oxygen atoms in total. The third-order valence-corrected chi connectivity index (χ3v) is 4.92. The number of morpholine rings is 1. The summed E-state index contributed by atoms with van der Waals surface area (Å²) >= 11 is 0. The zero-order valence-electron chi connectivity index (χ0n) is 14.4. The Kier molecular flexibility index (Phi) is 4.99. The first-order valence-corrected chi connectivity index (χ1v) is 8.91. The maximum absolute atomic E-state index is 14.0. The maximum Gasteiger partial charge on any atom is 0.275 e. The van der Waals surface area contributed by atoms with E-state index >= 15 is 0 Å². The van der Waals surface area contributed by atoms with Gasteiger partial charge in [0.2, 0.25) is 0 Å². The normalized spacial score (nSPS) is 21.7. The number of rotatable bonds is 3. The number of oxazole rings is 1. The van der Waals surface area contributed by atoms with Crippen molar-refractivity contribution in [2.75, 3.05) is 32.9 Å². The number of benzene rings is 1. The Morgan fingerprint density at radius 1 is 1.19 bits per heavy atom. The summed E-state index contributed by atoms with van der Waals surface area (Å²) in [6.45, 7) is 2.46. The van der Waals surface area contributed by atoms with Gasteiger partial charge in [0.25, 0.3) is 5.91 Å². The van der Waals surface area contributed by atoms with Crippen LogP contribution in [0.15, 0.2) is 34.9 Å². The van der Waals surface area contributed by atoms with Crippen LogP contribution in [0, 0.1) is 5.82 Å². The molecule has 0 spiro atoms. The zero-order chi connectivity index (χ0) is 17.9. The van der Waals surface area contributed by atoms with Gasteiger partial charge in [-0.05, 0) is 18.9 Å². The van der Waals surface area contributed by atoms with Crippen molar-refractivity contribution >= 4 is 5.91 Å². The summed E-state index contributed by atoms with van der Waals surface area (Å²) in [5, 5.41) is 0. The van der Waals surface area contributed by atoms with Gasteiger partial charge in [-0.1, -0.05) is 18.2 Å². The molecule has 2 aliphatic rings. The summed E-state index contributed by atoms with van der Waals surface area (Å²) < 4.78 is 30.6. The highest BCUT2D eigenvalue weighted by Gasteiger charge is 2.30. The second-order valence-corrected chi connectivity index (χ2v) is 6.59. The summed E-state index contributed by atoms with van der Waals surface area (Å²) in [5.41, 5.74) is 0.758. The summed E-state index contributed by atoms with van der Waals surface area (Å²) in [6.07, 6.45) is 2.64. The van der Waals surface area contributed by atoms with Gasteiger partial charge in [0.15, 0.2) is 11.6 Å². The highest BCUT2D eigenvalue weighted by atomic mass is 19.1. The van der Waals surface area contributed by atoms with Crippen LogP contribution < -0.4 is 0 Å². The number of ether oxygens (including phenoxy) is 2. The zero-order valence-corrected chi connectivity index (χ0v) is 14.4. The first-order valence-electron chi connectivity index (χ1n) is 8.91. The summed E-state index contributed by atoms with van der Waals surface area (Å²) in [5.74, 6) is 0.253. The first kappa shape index (κ1) is 17.2. The van der Waals surface area contributed by atoms with Crippen LogP contribution in [0.5, 0.6) is 0 Å². The van der Waals surface area contributed by atoms with E-state index in [0.717, 1.165) is 12.8 Å². The lowest BCUT2D eigenvalue weighted by atomic mass is 10.0. The standard InChI is InChI=1S/C19H21FN2O4/c20-15-4-2-1-3-14(15)17-11-22(7-10-25-17)19(23)16-12-26-18(21-16)13-5-8-24-9-6-13/h1-4,12-13,17H,5-11H2. The molecular formula is C19H21FN2O4. The van der Waals surface area contributed by atoms with Crippen molar-refractivity contribution in [2.45, 2.75) is 24.9 Å². The molecule has 4 rings (SSSR count). The number of hydrogen-bond acceptors (Lipinski definition) is 5. The van der Waals surface area contributed by atoms with Crippen LogP contribution >= 0.6 is 0 Å². The number of halogens is 1. The van der Waals surface area contributed by atoms with E-state index in [9.17, 15) is 9.18 Å². The average molecular weight is 360 g/mol. The van der Waals surface area contributed by atoms with Crippen LogP contribution in [-0.4, -0.2) is 48.7 Å². The molecule has 26 heavy (non-hydrogen) atoms. The number of aromatic nitrogens is 1. The second kappa shape index (κ2) is 7.55. The Morgan fingerprint density at radius 3 is 2.81 bits per heavy atom. The minimum atomic E-state index is -0.476. The van der Waals surface area contributed by atoms with E-state index in [1.807, 2.05) is 0 Å². The summed E-state index contributed by atoms with van der Waals surface area (Å²) in [4.78, 5) is 18.8. The molecule has 2 saturated heterocycles. The lowest BCUT2D eigenvalue weighted by molar-refractivity contribution is -0.0245. The van der Waals surface area contributed by atoms with Crippen LogP contribution in [-0.2, 0) is 9.47 Å². The van der Waals surface area contributed by atoms with Crippen LogP contribution in [0.4, 0.5) is 4.39 Å². The summed E-state index contributed by atoms with van der Waals surface area (Å²) in [6, 6.07) is 6.49. The molecule has 0 radical (unpaired) electrons. The Hall–Kier alpha value is -2.25. The Labute approximate surface area is 150 Å². The lowest BCUT2D eigenvalue weighted by Crippen LogP contribution is -2.42. The van der Waals surface area contributed by atoms with Crippen molar-refractivity contribution in [2.24, 2.45) is 0 Å². The number of carbonyl (C=O) groups is 1. The molecule has 1 aromatic carbocycles. The van der Waals surface area contributed by atoms with E-state index in [-0.39, 0.29) is 17.6 Å². The Balaban J connectivity index is 1.46. The SMILES string of the molecule is O=C(c1coc(C2CCOCC2)n1)N1CCOC(c2ccccc2F)C1. The fraction of sp³-hybridized carbons (Fsp3) is 0.474. The Bertz CT molecular complexity index is 772. The molecule has 138 valence electrons. The molecule has 2 aromatic rings. The molecule has 1 aromatic heterocycles. The van der Waals surface area contributed by atoms with Crippen molar-refractivity contribution in [3.8, 4) is 0 Å². The monoisotopic (exact) mass is 360 g/mol. The van der Waals surface area contributed by atoms with Crippen molar-refractivity contribution in [3.05, 3.63) is 53.5 Å². The van der Waals surface area contributed by atoms with Gasteiger partial charge in [0.05, 0.1) is 13.2 Å². The van der Waals surface area contributed by atoms with Crippen molar-refractivity contribution < 1.29 is 23.1 Å². The molecular weight excluding hydrogens is 339 g/mol. The lowest BCUT2D eigenvalue weighted by Gasteiger charge is -2.32. The van der Waals surface area contributed by atoms with Crippen LogP contribution in [0.25, 0.3) is 0 Å². The summed E-state index contributed by atoms with van der Waals surface area (Å²) in [7, 11) is 0. The second-order valence-electron chi connectivity index (χ2n) is 6.59. The predicted molar refractivity (Wildman–Crippen MR) is 90.3 cm³/mol. The van der Waals surface area contributed by atoms with Crippen LogP contribution in [0.3, 0.4) is 0 Å². The van der Waals surface area contributed by atoms with Gasteiger partial charge in [-0.25, -0.2) is 9.37 Å². The molecule has 0 bridgehead atoms. The van der Waals surface area contributed by atoms with Gasteiger partial charge in [0.1, 0.15) is 18.2 Å². The number of carbonyl (C=O) groups excluding carboxylic acids is 1. The van der Waals surface area contributed by atoms with E-state index in [2.05, 4.69) is 4.98 Å². The number of amides is 1. The molecule has 1 unspecified atom stereocenters. The van der Waals surface area contributed by atoms with E-state index in [1.165, 1.54) is 12.3 Å². The van der Waals surface area contributed by atoms with E-state index in [1.54, 1.807) is 23.1 Å². The molecule has 0 N–H and O–H groups in total. The highest BCUT2D eigenvalue weighted by molar-refractivity contribution is 5.92. The highest BCUT2D eigenvalue weighted by Crippen LogP contribution is 2.28. The van der Waals surface area contributed by atoms with Crippen LogP contribution in [0.2, 0.25) is 0 Å². The van der Waals surface area contributed by atoms with Gasteiger partial charge < -0.3 is 18.8 Å². The average Bonchev–Trinajstić information content (AvgIpc) is 3.19. The molecule has 3 heterocycles. The van der Waals surface area contributed by atoms with Crippen molar-refractivity contribution in [1.29, 1.82) is 0 Å². The quantitative estimate of drug-likeness (QED) is 0.842. The largest absolute Gasteiger partial charge is 0.448 e. The van der Waals surface area contributed by atoms with E-state index in [4.69, 9.17) is 13.9 Å². The van der Waals surface area contributed by atoms with Crippen molar-refractivity contribution in [3.63, 3.8) is 0 Å². The third kappa shape index (κ3) is 3.50. The maximum atomic E-state index is 14.0. The van der Waals surface area contributed by atoms with Gasteiger partial charge in [-0.3, -0.25) is 4.79 Å². The third-order valence-electron chi connectivity index (χ3n) is 4.92. The molecule has 0 saturated carbocycles. The fourth-order valence-corrected chi connectivity index (χ4v) is 3.44.